The van der Waals surface area contributed by atoms with Gasteiger partial charge in [-0.3, -0.25) is 9.69 Å². The van der Waals surface area contributed by atoms with Crippen LogP contribution in [0, 0.1) is 3.77 Å². The van der Waals surface area contributed by atoms with Crippen molar-refractivity contribution in [2.45, 2.75) is 0 Å². The van der Waals surface area contributed by atoms with Crippen molar-refractivity contribution in [2.24, 2.45) is 4.99 Å². The molecule has 1 aliphatic rings. The van der Waals surface area contributed by atoms with E-state index >= 15 is 0 Å². The van der Waals surface area contributed by atoms with Crippen molar-refractivity contribution in [3.05, 3.63) is 55.3 Å². The predicted octanol–water partition coefficient (Wildman–Crippen LogP) is 4.88. The van der Waals surface area contributed by atoms with Crippen LogP contribution >= 0.6 is 50.3 Å². The Bertz CT molecular complexity index is 767. The van der Waals surface area contributed by atoms with Gasteiger partial charge in [0.2, 0.25) is 0 Å². The third-order valence-electron chi connectivity index (χ3n) is 2.92. The van der Waals surface area contributed by atoms with E-state index in [0.717, 1.165) is 13.9 Å². The number of carbonyl (C=O) groups is 1. The van der Waals surface area contributed by atoms with E-state index in [1.807, 2.05) is 36.4 Å². The Kier molecular flexibility index (Phi) is 4.74. The van der Waals surface area contributed by atoms with Gasteiger partial charge in [-0.2, -0.15) is 0 Å². The second-order valence-corrected chi connectivity index (χ2v) is 7.32. The van der Waals surface area contributed by atoms with E-state index in [1.54, 1.807) is 18.0 Å². The predicted molar refractivity (Wildman–Crippen MR) is 101 cm³/mol. The topological polar surface area (TPSA) is 45.8 Å². The summed E-state index contributed by atoms with van der Waals surface area (Å²) in [4.78, 5) is 18.9. The first-order chi connectivity index (χ1) is 10.5. The Balaban J connectivity index is 1.90. The quantitative estimate of drug-likeness (QED) is 0.447. The second kappa shape index (κ2) is 6.59. The molecule has 0 spiro atoms. The molecule has 1 aromatic heterocycles. The summed E-state index contributed by atoms with van der Waals surface area (Å²) in [5.74, 6) is 0.559. The molecule has 22 heavy (non-hydrogen) atoms. The molecule has 7 heteroatoms. The SMILES string of the molecule is CN1C(=O)/C(=C/c2cc(Br)c(I)o2)SC1=Nc1ccccc1. The highest BCUT2D eigenvalue weighted by Gasteiger charge is 2.30. The molecule has 3 rings (SSSR count). The number of amides is 1. The van der Waals surface area contributed by atoms with Crippen LogP contribution in [0.1, 0.15) is 5.76 Å². The summed E-state index contributed by atoms with van der Waals surface area (Å²) in [6, 6.07) is 11.4. The number of hydrogen-bond donors (Lipinski definition) is 0. The Hall–Kier alpha value is -1.06. The van der Waals surface area contributed by atoms with Gasteiger partial charge in [-0.05, 0) is 45.9 Å². The maximum atomic E-state index is 12.3. The molecule has 0 saturated carbocycles. The minimum Gasteiger partial charge on any atom is -0.450 e. The van der Waals surface area contributed by atoms with Crippen molar-refractivity contribution in [1.82, 2.24) is 4.90 Å². The lowest BCUT2D eigenvalue weighted by Crippen LogP contribution is -2.23. The Morgan fingerprint density at radius 1 is 1.36 bits per heavy atom. The average molecular weight is 489 g/mol. The molecular weight excluding hydrogens is 479 g/mol. The Labute approximate surface area is 153 Å². The zero-order chi connectivity index (χ0) is 15.7. The normalized spacial score (nSPS) is 18.7. The van der Waals surface area contributed by atoms with E-state index in [9.17, 15) is 4.79 Å². The maximum absolute atomic E-state index is 12.3. The molecule has 1 aliphatic heterocycles. The average Bonchev–Trinajstić information content (AvgIpc) is 2.95. The van der Waals surface area contributed by atoms with E-state index in [0.29, 0.717) is 15.8 Å². The van der Waals surface area contributed by atoms with Crippen LogP contribution in [0.15, 0.2) is 55.2 Å². The van der Waals surface area contributed by atoms with Crippen LogP contribution in [0.25, 0.3) is 6.08 Å². The van der Waals surface area contributed by atoms with E-state index in [4.69, 9.17) is 4.42 Å². The third-order valence-corrected chi connectivity index (χ3v) is 6.11. The van der Waals surface area contributed by atoms with Gasteiger partial charge >= 0.3 is 0 Å². The van der Waals surface area contributed by atoms with Crippen LogP contribution < -0.4 is 0 Å². The first-order valence-electron chi connectivity index (χ1n) is 6.31. The second-order valence-electron chi connectivity index (χ2n) is 4.48. The van der Waals surface area contributed by atoms with Crippen molar-refractivity contribution in [3.8, 4) is 0 Å². The number of carbonyl (C=O) groups excluding carboxylic acids is 1. The molecule has 0 radical (unpaired) electrons. The molecule has 1 fully saturated rings. The first-order valence-corrected chi connectivity index (χ1v) is 8.99. The molecule has 0 bridgehead atoms. The van der Waals surface area contributed by atoms with Gasteiger partial charge in [-0.15, -0.1) is 0 Å². The molecular formula is C15H10BrIN2O2S. The fourth-order valence-corrected chi connectivity index (χ4v) is 3.51. The summed E-state index contributed by atoms with van der Waals surface area (Å²) in [6.07, 6.45) is 1.74. The smallest absolute Gasteiger partial charge is 0.266 e. The van der Waals surface area contributed by atoms with Crippen LogP contribution in [-0.4, -0.2) is 23.0 Å². The largest absolute Gasteiger partial charge is 0.450 e. The molecule has 0 atom stereocenters. The highest BCUT2D eigenvalue weighted by molar-refractivity contribution is 14.1. The number of para-hydroxylation sites is 1. The fraction of sp³-hybridized carbons (Fsp3) is 0.0667. The van der Waals surface area contributed by atoms with Gasteiger partial charge in [-0.25, -0.2) is 4.99 Å². The van der Waals surface area contributed by atoms with Crippen molar-refractivity contribution in [3.63, 3.8) is 0 Å². The van der Waals surface area contributed by atoms with Crippen molar-refractivity contribution >= 4 is 73.1 Å². The Morgan fingerprint density at radius 2 is 2.09 bits per heavy atom. The maximum Gasteiger partial charge on any atom is 0.266 e. The number of thioether (sulfide) groups is 1. The van der Waals surface area contributed by atoms with E-state index < -0.39 is 0 Å². The van der Waals surface area contributed by atoms with Gasteiger partial charge in [-0.1, -0.05) is 18.2 Å². The molecule has 0 N–H and O–H groups in total. The van der Waals surface area contributed by atoms with Gasteiger partial charge < -0.3 is 4.42 Å². The van der Waals surface area contributed by atoms with Crippen LogP contribution in [-0.2, 0) is 4.79 Å². The van der Waals surface area contributed by atoms with Crippen molar-refractivity contribution in [2.75, 3.05) is 7.05 Å². The molecule has 2 aromatic rings. The number of aliphatic imine (C=N–C) groups is 1. The number of nitrogens with zero attached hydrogens (tertiary/aromatic N) is 2. The highest BCUT2D eigenvalue weighted by Crippen LogP contribution is 2.34. The monoisotopic (exact) mass is 488 g/mol. The number of halogens is 2. The number of furan rings is 1. The number of likely N-dealkylation sites (N-methyl/N-ethyl adjacent to an activating group) is 1. The lowest BCUT2D eigenvalue weighted by molar-refractivity contribution is -0.121. The molecule has 4 nitrogen and oxygen atoms in total. The van der Waals surface area contributed by atoms with Gasteiger partial charge in [0.05, 0.1) is 15.1 Å². The summed E-state index contributed by atoms with van der Waals surface area (Å²) in [5, 5.41) is 0.655. The van der Waals surface area contributed by atoms with Crippen LogP contribution in [0.2, 0.25) is 0 Å². The number of rotatable bonds is 2. The summed E-state index contributed by atoms with van der Waals surface area (Å²) in [6.45, 7) is 0. The summed E-state index contributed by atoms with van der Waals surface area (Å²) >= 11 is 6.83. The molecule has 1 aromatic carbocycles. The standard InChI is InChI=1S/C15H10BrIN2O2S/c1-19-14(20)12(8-10-7-11(16)13(17)21-10)22-15(19)18-9-5-3-2-4-6-9/h2-8H,1H3/b12-8-,18-15?. The first kappa shape index (κ1) is 15.8. The van der Waals surface area contributed by atoms with Crippen molar-refractivity contribution < 1.29 is 9.21 Å². The molecule has 0 unspecified atom stereocenters. The molecule has 112 valence electrons. The Morgan fingerprint density at radius 3 is 2.73 bits per heavy atom. The van der Waals surface area contributed by atoms with E-state index in [-0.39, 0.29) is 5.91 Å². The van der Waals surface area contributed by atoms with Crippen LogP contribution in [0.5, 0.6) is 0 Å². The zero-order valence-corrected chi connectivity index (χ0v) is 16.0. The van der Waals surface area contributed by atoms with E-state index in [1.165, 1.54) is 11.8 Å². The van der Waals surface area contributed by atoms with Gasteiger partial charge in [0, 0.05) is 35.7 Å². The van der Waals surface area contributed by atoms with E-state index in [2.05, 4.69) is 43.5 Å². The summed E-state index contributed by atoms with van der Waals surface area (Å²) < 4.78 is 7.19. The molecule has 0 aliphatic carbocycles. The number of hydrogen-bond acceptors (Lipinski definition) is 4. The lowest BCUT2D eigenvalue weighted by Gasteiger charge is -2.06. The van der Waals surface area contributed by atoms with Gasteiger partial charge in [0.1, 0.15) is 5.76 Å². The minimum atomic E-state index is -0.0813. The van der Waals surface area contributed by atoms with Crippen LogP contribution in [0.3, 0.4) is 0 Å². The summed E-state index contributed by atoms with van der Waals surface area (Å²) in [5.41, 5.74) is 0.821. The number of benzene rings is 1. The molecule has 1 amide bonds. The van der Waals surface area contributed by atoms with Crippen molar-refractivity contribution in [1.29, 1.82) is 0 Å². The van der Waals surface area contributed by atoms with Gasteiger partial charge in [0.15, 0.2) is 8.93 Å². The fourth-order valence-electron chi connectivity index (χ4n) is 1.83. The van der Waals surface area contributed by atoms with Crippen LogP contribution in [0.4, 0.5) is 5.69 Å². The highest BCUT2D eigenvalue weighted by atomic mass is 127. The number of amidine groups is 1. The summed E-state index contributed by atoms with van der Waals surface area (Å²) in [7, 11) is 1.72. The van der Waals surface area contributed by atoms with Gasteiger partial charge in [0.25, 0.3) is 5.91 Å². The molecule has 1 saturated heterocycles. The molecule has 2 heterocycles. The third kappa shape index (κ3) is 3.31. The zero-order valence-electron chi connectivity index (χ0n) is 11.4. The lowest BCUT2D eigenvalue weighted by atomic mass is 10.3. The minimum absolute atomic E-state index is 0.0813.